The first-order valence-electron chi connectivity index (χ1n) is 10.9. The molecule has 34 heavy (non-hydrogen) atoms. The van der Waals surface area contributed by atoms with Gasteiger partial charge in [-0.2, -0.15) is 5.10 Å². The van der Waals surface area contributed by atoms with Gasteiger partial charge >= 0.3 is 0 Å². The highest BCUT2D eigenvalue weighted by molar-refractivity contribution is 7.92. The predicted octanol–water partition coefficient (Wildman–Crippen LogP) is 4.44. The van der Waals surface area contributed by atoms with Gasteiger partial charge in [-0.05, 0) is 69.7 Å². The van der Waals surface area contributed by atoms with E-state index in [-0.39, 0.29) is 4.90 Å². The maximum Gasteiger partial charge on any atom is 0.264 e. The fourth-order valence-electron chi connectivity index (χ4n) is 3.20. The zero-order valence-corrected chi connectivity index (χ0v) is 20.6. The molecule has 3 aromatic rings. The van der Waals surface area contributed by atoms with Crippen LogP contribution in [0.15, 0.2) is 82.8 Å². The van der Waals surface area contributed by atoms with Crippen LogP contribution in [0.25, 0.3) is 0 Å². The van der Waals surface area contributed by atoms with Gasteiger partial charge in [0, 0.05) is 0 Å². The Hall–Kier alpha value is -3.65. The number of carbonyl (C=O) groups is 1. The van der Waals surface area contributed by atoms with Crippen molar-refractivity contribution in [1.29, 1.82) is 0 Å². The van der Waals surface area contributed by atoms with Crippen molar-refractivity contribution < 1.29 is 17.9 Å². The Balaban J connectivity index is 1.87. The molecule has 3 rings (SSSR count). The number of nitrogens with zero attached hydrogens (tertiary/aromatic N) is 2. The Morgan fingerprint density at radius 3 is 2.03 bits per heavy atom. The molecule has 0 unspecified atom stereocenters. The van der Waals surface area contributed by atoms with Gasteiger partial charge < -0.3 is 4.74 Å². The monoisotopic (exact) mass is 479 g/mol. The third-order valence-corrected chi connectivity index (χ3v) is 6.94. The van der Waals surface area contributed by atoms with Gasteiger partial charge in [-0.1, -0.05) is 47.5 Å². The maximum absolute atomic E-state index is 13.5. The standard InChI is InChI=1S/C26H29N3O4S/c1-5-33-24-14-12-23(13-15-24)29(34(31,32)25-16-8-20(3)9-17-25)18-26(30)28-27-21(4)22-10-6-19(2)7-11-22/h6-17H,5,18H2,1-4H3,(H,28,30)/b27-21-. The number of aryl methyl sites for hydroxylation is 2. The summed E-state index contributed by atoms with van der Waals surface area (Å²) in [6, 6.07) is 20.8. The van der Waals surface area contributed by atoms with E-state index >= 15 is 0 Å². The van der Waals surface area contributed by atoms with Crippen molar-refractivity contribution in [3.8, 4) is 5.75 Å². The lowest BCUT2D eigenvalue weighted by Gasteiger charge is -2.24. The second kappa shape index (κ2) is 11.0. The second-order valence-electron chi connectivity index (χ2n) is 7.85. The molecule has 8 heteroatoms. The Bertz CT molecular complexity index is 1250. The van der Waals surface area contributed by atoms with Gasteiger partial charge in [0.1, 0.15) is 12.3 Å². The van der Waals surface area contributed by atoms with Crippen LogP contribution in [0.4, 0.5) is 5.69 Å². The quantitative estimate of drug-likeness (QED) is 0.363. The smallest absolute Gasteiger partial charge is 0.264 e. The van der Waals surface area contributed by atoms with Crippen LogP contribution < -0.4 is 14.5 Å². The van der Waals surface area contributed by atoms with Crippen LogP contribution in [-0.2, 0) is 14.8 Å². The van der Waals surface area contributed by atoms with Crippen molar-refractivity contribution in [1.82, 2.24) is 5.43 Å². The summed E-state index contributed by atoms with van der Waals surface area (Å²) in [5, 5.41) is 4.15. The SMILES string of the molecule is CCOc1ccc(N(CC(=O)N/N=C(/C)c2ccc(C)cc2)S(=O)(=O)c2ccc(C)cc2)cc1. The van der Waals surface area contributed by atoms with E-state index in [0.717, 1.165) is 21.0 Å². The molecule has 178 valence electrons. The summed E-state index contributed by atoms with van der Waals surface area (Å²) < 4.78 is 33.4. The molecule has 0 heterocycles. The summed E-state index contributed by atoms with van der Waals surface area (Å²) in [6.45, 7) is 7.56. The number of sulfonamides is 1. The molecule has 0 saturated carbocycles. The first-order chi connectivity index (χ1) is 16.2. The van der Waals surface area contributed by atoms with Gasteiger partial charge in [0.15, 0.2) is 0 Å². The third kappa shape index (κ3) is 6.23. The van der Waals surface area contributed by atoms with Gasteiger partial charge in [0.25, 0.3) is 15.9 Å². The van der Waals surface area contributed by atoms with Gasteiger partial charge in [-0.3, -0.25) is 9.10 Å². The molecule has 0 bridgehead atoms. The van der Waals surface area contributed by atoms with E-state index in [4.69, 9.17) is 4.74 Å². The Kier molecular flexibility index (Phi) is 8.07. The molecule has 0 atom stereocenters. The molecule has 3 aromatic carbocycles. The number of amides is 1. The fourth-order valence-corrected chi connectivity index (χ4v) is 4.62. The van der Waals surface area contributed by atoms with Crippen molar-refractivity contribution >= 4 is 27.3 Å². The molecular weight excluding hydrogens is 450 g/mol. The van der Waals surface area contributed by atoms with Crippen LogP contribution in [0.1, 0.15) is 30.5 Å². The lowest BCUT2D eigenvalue weighted by Crippen LogP contribution is -2.39. The molecule has 0 radical (unpaired) electrons. The summed E-state index contributed by atoms with van der Waals surface area (Å²) in [5.41, 5.74) is 6.35. The summed E-state index contributed by atoms with van der Waals surface area (Å²) >= 11 is 0. The van der Waals surface area contributed by atoms with Crippen molar-refractivity contribution in [3.63, 3.8) is 0 Å². The fraction of sp³-hybridized carbons (Fsp3) is 0.231. The lowest BCUT2D eigenvalue weighted by molar-refractivity contribution is -0.119. The molecular formula is C26H29N3O4S. The largest absolute Gasteiger partial charge is 0.494 e. The highest BCUT2D eigenvalue weighted by Gasteiger charge is 2.27. The molecule has 0 aliphatic carbocycles. The first kappa shape index (κ1) is 25.0. The number of ether oxygens (including phenoxy) is 1. The second-order valence-corrected chi connectivity index (χ2v) is 9.71. The summed E-state index contributed by atoms with van der Waals surface area (Å²) in [6.07, 6.45) is 0. The molecule has 7 nitrogen and oxygen atoms in total. The molecule has 0 aromatic heterocycles. The summed E-state index contributed by atoms with van der Waals surface area (Å²) in [4.78, 5) is 12.9. The van der Waals surface area contributed by atoms with Gasteiger partial charge in [-0.25, -0.2) is 13.8 Å². The molecule has 0 saturated heterocycles. The van der Waals surface area contributed by atoms with E-state index in [1.807, 2.05) is 45.0 Å². The number of hydrogen-bond donors (Lipinski definition) is 1. The van der Waals surface area contributed by atoms with Crippen LogP contribution in [-0.4, -0.2) is 33.2 Å². The molecule has 0 aliphatic heterocycles. The minimum absolute atomic E-state index is 0.0964. The van der Waals surface area contributed by atoms with Crippen molar-refractivity contribution in [2.24, 2.45) is 5.10 Å². The van der Waals surface area contributed by atoms with E-state index in [0.29, 0.717) is 23.8 Å². The minimum Gasteiger partial charge on any atom is -0.494 e. The van der Waals surface area contributed by atoms with Crippen LogP contribution in [0.3, 0.4) is 0 Å². The zero-order valence-electron chi connectivity index (χ0n) is 19.8. The zero-order chi connectivity index (χ0) is 24.7. The highest BCUT2D eigenvalue weighted by Crippen LogP contribution is 2.26. The van der Waals surface area contributed by atoms with E-state index in [1.54, 1.807) is 43.3 Å². The van der Waals surface area contributed by atoms with Crippen LogP contribution in [0.5, 0.6) is 5.75 Å². The molecule has 0 fully saturated rings. The van der Waals surface area contributed by atoms with E-state index in [2.05, 4.69) is 10.5 Å². The van der Waals surface area contributed by atoms with E-state index < -0.39 is 22.5 Å². The Labute approximate surface area is 201 Å². The normalized spacial score (nSPS) is 11.7. The number of hydrogen-bond acceptors (Lipinski definition) is 5. The number of benzene rings is 3. The number of hydrazone groups is 1. The highest BCUT2D eigenvalue weighted by atomic mass is 32.2. The predicted molar refractivity (Wildman–Crippen MR) is 135 cm³/mol. The maximum atomic E-state index is 13.5. The summed E-state index contributed by atoms with van der Waals surface area (Å²) in [7, 11) is -4.00. The third-order valence-electron chi connectivity index (χ3n) is 5.15. The summed E-state index contributed by atoms with van der Waals surface area (Å²) in [5.74, 6) is 0.0535. The average Bonchev–Trinajstić information content (AvgIpc) is 2.82. The first-order valence-corrected chi connectivity index (χ1v) is 12.4. The topological polar surface area (TPSA) is 88.1 Å². The van der Waals surface area contributed by atoms with Gasteiger partial charge in [-0.15, -0.1) is 0 Å². The number of rotatable bonds is 9. The molecule has 1 N–H and O–H groups in total. The molecule has 0 spiro atoms. The molecule has 1 amide bonds. The number of nitrogens with one attached hydrogen (secondary N) is 1. The lowest BCUT2D eigenvalue weighted by atomic mass is 10.1. The van der Waals surface area contributed by atoms with Gasteiger partial charge in [0.2, 0.25) is 0 Å². The van der Waals surface area contributed by atoms with Crippen LogP contribution >= 0.6 is 0 Å². The Morgan fingerprint density at radius 1 is 0.912 bits per heavy atom. The van der Waals surface area contributed by atoms with Crippen LogP contribution in [0, 0.1) is 13.8 Å². The Morgan fingerprint density at radius 2 is 1.47 bits per heavy atom. The average molecular weight is 480 g/mol. The van der Waals surface area contributed by atoms with Crippen LogP contribution in [0.2, 0.25) is 0 Å². The van der Waals surface area contributed by atoms with Crippen molar-refractivity contribution in [2.45, 2.75) is 32.6 Å². The number of carbonyl (C=O) groups excluding carboxylic acids is 1. The van der Waals surface area contributed by atoms with Crippen molar-refractivity contribution in [3.05, 3.63) is 89.5 Å². The van der Waals surface area contributed by atoms with Crippen molar-refractivity contribution in [2.75, 3.05) is 17.5 Å². The van der Waals surface area contributed by atoms with Gasteiger partial charge in [0.05, 0.1) is 22.9 Å². The van der Waals surface area contributed by atoms with E-state index in [1.165, 1.54) is 12.1 Å². The minimum atomic E-state index is -4.00. The number of anilines is 1. The molecule has 0 aliphatic rings. The van der Waals surface area contributed by atoms with E-state index in [9.17, 15) is 13.2 Å².